The fourth-order valence-corrected chi connectivity index (χ4v) is 14.7. The summed E-state index contributed by atoms with van der Waals surface area (Å²) < 4.78 is 10.2. The predicted octanol–water partition coefficient (Wildman–Crippen LogP) is 22.2. The van der Waals surface area contributed by atoms with Gasteiger partial charge in [0.25, 0.3) is 47.4 Å². The third-order valence-electron chi connectivity index (χ3n) is 21.9. The van der Waals surface area contributed by atoms with E-state index < -0.39 is 23.6 Å². The first kappa shape index (κ1) is 97.0. The number of phenols is 4. The summed E-state index contributed by atoms with van der Waals surface area (Å²) in [6.45, 7) is 6.34. The Kier molecular flexibility index (Phi) is 29.1. The number of carbonyl (C=O) groups excluding carboxylic acids is 4. The molecule has 0 radical (unpaired) electrons. The second kappa shape index (κ2) is 44.0. The number of aromatic hydroxyl groups is 4. The van der Waals surface area contributed by atoms with Crippen molar-refractivity contribution in [3.05, 3.63) is 378 Å². The Morgan fingerprint density at radius 3 is 0.810 bits per heavy atom. The van der Waals surface area contributed by atoms with E-state index in [1.165, 1.54) is 93.1 Å². The molecule has 0 aliphatic rings. The summed E-state index contributed by atoms with van der Waals surface area (Å²) in [5.74, 6) is -1.76. The minimum atomic E-state index is -0.544. The number of para-hydroxylation sites is 1. The summed E-state index contributed by atoms with van der Waals surface area (Å²) in [6.07, 6.45) is 17.5. The topological polar surface area (TPSA) is 575 Å². The van der Waals surface area contributed by atoms with E-state index in [2.05, 4.69) is 143 Å². The minimum Gasteiger partial charge on any atom is -0.505 e. The summed E-state index contributed by atoms with van der Waals surface area (Å²) >= 11 is 5.92. The molecule has 147 heavy (non-hydrogen) atoms. The van der Waals surface area contributed by atoms with Crippen molar-refractivity contribution in [1.29, 1.82) is 21.0 Å². The maximum Gasteiger partial charge on any atom is 0.259 e. The van der Waals surface area contributed by atoms with Crippen molar-refractivity contribution in [2.45, 2.75) is 26.2 Å². The quantitative estimate of drug-likeness (QED) is 0.0310. The van der Waals surface area contributed by atoms with E-state index in [4.69, 9.17) is 16.3 Å². The van der Waals surface area contributed by atoms with Crippen LogP contribution in [0.5, 0.6) is 28.7 Å². The molecule has 0 fully saturated rings. The zero-order valence-electron chi connectivity index (χ0n) is 77.3. The Bertz CT molecular complexity index is 8700. The molecule has 20 aromatic rings. The zero-order chi connectivity index (χ0) is 103. The lowest BCUT2D eigenvalue weighted by Crippen LogP contribution is -2.14. The fraction of sp³-hybridized carbons (Fsp3) is 0.0476. The van der Waals surface area contributed by atoms with E-state index in [0.717, 1.165) is 5.56 Å². The van der Waals surface area contributed by atoms with Crippen LogP contribution >= 0.6 is 11.6 Å². The number of phenolic OH excluding ortho intramolecular Hbond substituents is 4. The van der Waals surface area contributed by atoms with Crippen LogP contribution < -0.4 is 26.0 Å². The highest BCUT2D eigenvalue weighted by molar-refractivity contribution is 6.30. The third-order valence-corrected chi connectivity index (χ3v) is 22.1. The Balaban J connectivity index is 0.000000134. The number of ether oxygens (including phenoxy) is 1. The maximum atomic E-state index is 13.3. The first-order valence-electron chi connectivity index (χ1n) is 44.0. The van der Waals surface area contributed by atoms with Gasteiger partial charge in [-0.15, -0.1) is 40.9 Å². The number of anilines is 4. The Morgan fingerprint density at radius 1 is 0.320 bits per heavy atom. The van der Waals surface area contributed by atoms with E-state index in [9.17, 15) is 60.7 Å². The number of azo groups is 4. The van der Waals surface area contributed by atoms with Gasteiger partial charge in [0.05, 0.1) is 54.2 Å². The number of aromatic nitrogens is 16. The average molecular weight is 1960 g/mol. The molecule has 0 spiro atoms. The number of benzene rings is 12. The number of fused-ring (bicyclic) bond motifs is 4. The molecule has 42 heteroatoms. The average Bonchev–Trinajstić information content (AvgIpc) is 1.71. The number of hydrogen-bond acceptors (Lipinski definition) is 33. The maximum absolute atomic E-state index is 13.3. The molecule has 4 amide bonds. The number of nitrogens with zero attached hydrogens (tertiary/aromatic N) is 28. The van der Waals surface area contributed by atoms with Crippen molar-refractivity contribution in [1.82, 2.24) is 79.0 Å². The molecule has 20 rings (SSSR count). The summed E-state index contributed by atoms with van der Waals surface area (Å²) in [7, 11) is 1.55. The highest BCUT2D eigenvalue weighted by Gasteiger charge is 2.28. The predicted molar refractivity (Wildman–Crippen MR) is 542 cm³/mol. The molecule has 0 unspecified atom stereocenters. The molecule has 0 atom stereocenters. The van der Waals surface area contributed by atoms with Crippen molar-refractivity contribution in [2.24, 2.45) is 40.9 Å². The molecule has 0 aliphatic carbocycles. The Morgan fingerprint density at radius 2 is 0.558 bits per heavy atom. The van der Waals surface area contributed by atoms with Crippen LogP contribution in [-0.2, 0) is 5.41 Å². The Labute approximate surface area is 837 Å². The van der Waals surface area contributed by atoms with Crippen LogP contribution in [0.15, 0.2) is 364 Å². The van der Waals surface area contributed by atoms with Gasteiger partial charge in [-0.05, 0) is 154 Å². The van der Waals surface area contributed by atoms with Crippen LogP contribution in [0.3, 0.4) is 0 Å². The molecule has 0 bridgehead atoms. The summed E-state index contributed by atoms with van der Waals surface area (Å²) in [4.78, 5) is 85.5. The number of carbonyl (C=O) groups is 4. The number of nitrogens with one attached hydrogen (secondary N) is 4. The molecule has 714 valence electrons. The summed E-state index contributed by atoms with van der Waals surface area (Å²) in [5, 5.41) is 150. The van der Waals surface area contributed by atoms with Gasteiger partial charge in [0.1, 0.15) is 75.0 Å². The van der Waals surface area contributed by atoms with Gasteiger partial charge in [-0.1, -0.05) is 160 Å². The highest BCUT2D eigenvalue weighted by Crippen LogP contribution is 2.46. The number of nitriles is 4. The molecular formula is C105H73ClN32O9. The van der Waals surface area contributed by atoms with Crippen molar-refractivity contribution in [2.75, 3.05) is 28.4 Å². The van der Waals surface area contributed by atoms with Crippen LogP contribution in [0, 0.1) is 45.3 Å². The molecular weight excluding hydrogens is 1890 g/mol. The molecule has 0 saturated heterocycles. The molecule has 8 N–H and O–H groups in total. The van der Waals surface area contributed by atoms with Gasteiger partial charge in [-0.3, -0.25) is 19.2 Å². The zero-order valence-corrected chi connectivity index (χ0v) is 78.1. The highest BCUT2D eigenvalue weighted by atomic mass is 35.5. The third kappa shape index (κ3) is 21.8. The normalized spacial score (nSPS) is 11.1. The first-order chi connectivity index (χ1) is 71.5. The Hall–Kier alpha value is -21.6. The largest absolute Gasteiger partial charge is 0.505 e. The van der Waals surface area contributed by atoms with Crippen molar-refractivity contribution in [3.8, 4) is 76.8 Å². The molecule has 12 aromatic carbocycles. The lowest BCUT2D eigenvalue weighted by molar-refractivity contribution is 0.101. The van der Waals surface area contributed by atoms with Crippen LogP contribution in [0.4, 0.5) is 68.8 Å². The van der Waals surface area contributed by atoms with Crippen molar-refractivity contribution < 1.29 is 44.3 Å². The van der Waals surface area contributed by atoms with Gasteiger partial charge in [-0.25, -0.2) is 39.9 Å². The van der Waals surface area contributed by atoms with Gasteiger partial charge in [0.15, 0.2) is 46.3 Å². The molecule has 0 aliphatic heterocycles. The SMILES string of the molecule is CC(C)(C)c1ccc(NC(=O)c2cc3ccccc3c(N=Nc3c(C#N)cnn3-c3ncccn3)c2O)cc1.COc1ccc(NC(=O)c2cc3ccccc3c(N=Nc3c(C#N)cnn3-c3ncccn3)c2O)cc1.N#Cc1cnn(-c2ncccn2)c1N=Nc1c(O)c(C(=O)Nc2ccc(Cl)cc2)cc2ccccc12.N#Cc1cnn(-c2ncccn2)c1N=Nc1c(O)c(C(=O)Nc2ccccc2)cc2ccccc12. The second-order valence-corrected chi connectivity index (χ2v) is 32.7. The smallest absolute Gasteiger partial charge is 0.259 e. The van der Waals surface area contributed by atoms with E-state index in [1.807, 2.05) is 72.8 Å². The number of rotatable bonds is 21. The minimum absolute atomic E-state index is 0.00185. The molecule has 41 nitrogen and oxygen atoms in total. The van der Waals surface area contributed by atoms with Gasteiger partial charge in [0.2, 0.25) is 0 Å². The standard InChI is InChI=1S/C29H24N8O2.C26H18N8O3.C25H15ClN8O2.C25H16N8O2/c1-29(2,3)20-9-11-21(12-10-20)34-27(39)23-15-18-7-4-5-8-22(18)24(25(23)38)35-36-26-19(16-30)17-33-37(26)28-31-13-6-14-32-28;1-37-19-9-7-18(8-10-19)31-25(36)21-13-16-5-2-3-6-20(16)22(23(21)35)32-33-24-17(14-27)15-30-34(24)26-28-11-4-12-29-26;26-17-6-8-18(9-7-17)31-24(36)20-12-15-4-1-2-5-19(15)21(22(20)35)32-33-23-16(13-27)14-30-34(23)25-28-10-3-11-29-25;26-14-17-15-29-33(25-27-11-6-12-28-25)23(17)32-31-21-19-10-5-4-7-16(19)13-20(22(21)34)24(35)30-18-8-2-1-3-9-18/h4-15,17,38H,1-3H3,(H,34,39);2-13,15,35H,1H3,(H,31,36);1-12,14,35H,(H,31,36);1-13,15,34H,(H,30,35). The van der Waals surface area contributed by atoms with Gasteiger partial charge >= 0.3 is 0 Å². The van der Waals surface area contributed by atoms with Crippen LogP contribution in [0.1, 0.15) is 90.0 Å². The van der Waals surface area contributed by atoms with Crippen molar-refractivity contribution >= 4 is 147 Å². The fourth-order valence-electron chi connectivity index (χ4n) is 14.6. The van der Waals surface area contributed by atoms with Gasteiger partial charge in [-0.2, -0.15) is 60.2 Å². The first-order valence-corrected chi connectivity index (χ1v) is 44.4. The number of hydrogen-bond donors (Lipinski definition) is 8. The summed E-state index contributed by atoms with van der Waals surface area (Å²) in [6, 6.07) is 79.4. The monoisotopic (exact) mass is 1960 g/mol. The van der Waals surface area contributed by atoms with Crippen LogP contribution in [0.2, 0.25) is 5.02 Å². The summed E-state index contributed by atoms with van der Waals surface area (Å²) in [5.41, 5.74) is 4.19. The molecule has 8 aromatic heterocycles. The van der Waals surface area contributed by atoms with Gasteiger partial charge in [0, 0.05) is 98.9 Å². The second-order valence-electron chi connectivity index (χ2n) is 32.2. The van der Waals surface area contributed by atoms with Crippen LogP contribution in [0.25, 0.3) is 66.9 Å². The van der Waals surface area contributed by atoms with E-state index >= 15 is 0 Å². The lowest BCUT2D eigenvalue weighted by Gasteiger charge is -2.19. The number of halogens is 1. The van der Waals surface area contributed by atoms with E-state index in [1.54, 1.807) is 207 Å². The van der Waals surface area contributed by atoms with E-state index in [-0.39, 0.29) is 143 Å². The number of methoxy groups -OCH3 is 1. The van der Waals surface area contributed by atoms with E-state index in [0.29, 0.717) is 76.6 Å². The van der Waals surface area contributed by atoms with Crippen LogP contribution in [-0.4, -0.2) is 130 Å². The molecule has 8 heterocycles. The lowest BCUT2D eigenvalue weighted by atomic mass is 9.87. The number of amides is 4. The van der Waals surface area contributed by atoms with Crippen molar-refractivity contribution in [3.63, 3.8) is 0 Å². The van der Waals surface area contributed by atoms with Gasteiger partial charge < -0.3 is 46.4 Å². The molecule has 0 saturated carbocycles.